The van der Waals surface area contributed by atoms with Gasteiger partial charge in [0, 0.05) is 12.2 Å². The van der Waals surface area contributed by atoms with Gasteiger partial charge in [0.15, 0.2) is 0 Å². The highest BCUT2D eigenvalue weighted by atomic mass is 35.5. The van der Waals surface area contributed by atoms with E-state index in [1.807, 2.05) is 0 Å². The highest BCUT2D eigenvalue weighted by molar-refractivity contribution is 7.92. The lowest BCUT2D eigenvalue weighted by Crippen LogP contribution is -2.37. The molecule has 6 nitrogen and oxygen atoms in total. The van der Waals surface area contributed by atoms with Gasteiger partial charge in [-0.3, -0.25) is 9.10 Å². The summed E-state index contributed by atoms with van der Waals surface area (Å²) in [7, 11) is -3.23. The van der Waals surface area contributed by atoms with Crippen LogP contribution in [0.5, 0.6) is 0 Å². The van der Waals surface area contributed by atoms with Crippen molar-refractivity contribution in [2.24, 2.45) is 5.73 Å². The second-order valence-corrected chi connectivity index (χ2v) is 6.41. The van der Waals surface area contributed by atoms with Crippen LogP contribution in [0.4, 0.5) is 11.4 Å². The first-order chi connectivity index (χ1) is 9.03. The zero-order valence-electron chi connectivity index (χ0n) is 10.9. The Morgan fingerprint density at radius 3 is 2.75 bits per heavy atom. The Kier molecular flexibility index (Phi) is 5.79. The van der Waals surface area contributed by atoms with Crippen molar-refractivity contribution in [2.75, 3.05) is 28.5 Å². The molecule has 0 atom stereocenters. The Morgan fingerprint density at radius 2 is 2.10 bits per heavy atom. The number of benzene rings is 1. The number of rotatable bonds is 3. The summed E-state index contributed by atoms with van der Waals surface area (Å²) in [5.41, 5.74) is 6.35. The predicted molar refractivity (Wildman–Crippen MR) is 81.7 cm³/mol. The molecule has 0 bridgehead atoms. The van der Waals surface area contributed by atoms with Gasteiger partial charge in [-0.25, -0.2) is 8.42 Å². The van der Waals surface area contributed by atoms with E-state index in [-0.39, 0.29) is 30.6 Å². The second-order valence-electron chi connectivity index (χ2n) is 4.40. The molecule has 1 aliphatic rings. The van der Waals surface area contributed by atoms with E-state index < -0.39 is 10.0 Å². The van der Waals surface area contributed by atoms with Crippen LogP contribution in [-0.4, -0.2) is 33.2 Å². The molecule has 0 aromatic heterocycles. The van der Waals surface area contributed by atoms with Gasteiger partial charge in [-0.15, -0.1) is 12.4 Å². The molecule has 20 heavy (non-hydrogen) atoms. The second kappa shape index (κ2) is 6.92. The maximum Gasteiger partial charge on any atom is 0.238 e. The SMILES string of the molecule is Cl.NCC(=O)Nc1cccc(N2CCCCS2(=O)=O)c1. The van der Waals surface area contributed by atoms with Gasteiger partial charge in [-0.2, -0.15) is 0 Å². The van der Waals surface area contributed by atoms with Crippen LogP contribution in [0.1, 0.15) is 12.8 Å². The Labute approximate surface area is 124 Å². The molecule has 1 heterocycles. The zero-order chi connectivity index (χ0) is 13.9. The number of hydrogen-bond acceptors (Lipinski definition) is 4. The van der Waals surface area contributed by atoms with Crippen molar-refractivity contribution in [3.63, 3.8) is 0 Å². The number of nitrogens with two attached hydrogens (primary N) is 1. The molecule has 1 saturated heterocycles. The summed E-state index contributed by atoms with van der Waals surface area (Å²) >= 11 is 0. The number of carbonyl (C=O) groups excluding carboxylic acids is 1. The third-order valence-corrected chi connectivity index (χ3v) is 4.82. The van der Waals surface area contributed by atoms with Crippen molar-refractivity contribution in [1.29, 1.82) is 0 Å². The van der Waals surface area contributed by atoms with Crippen LogP contribution in [0.3, 0.4) is 0 Å². The first-order valence-electron chi connectivity index (χ1n) is 6.13. The molecule has 2 rings (SSSR count). The Bertz CT molecular complexity index is 577. The van der Waals surface area contributed by atoms with Crippen molar-refractivity contribution in [1.82, 2.24) is 0 Å². The Hall–Kier alpha value is -1.31. The lowest BCUT2D eigenvalue weighted by molar-refractivity contribution is -0.114. The standard InChI is InChI=1S/C12H17N3O3S.ClH/c13-9-12(16)14-10-4-3-5-11(8-10)15-6-1-2-7-19(15,17)18;/h3-5,8H,1-2,6-7,9,13H2,(H,14,16);1H. The molecule has 0 spiro atoms. The fourth-order valence-electron chi connectivity index (χ4n) is 2.03. The predicted octanol–water partition coefficient (Wildman–Crippen LogP) is 0.936. The fraction of sp³-hybridized carbons (Fsp3) is 0.417. The first-order valence-corrected chi connectivity index (χ1v) is 7.74. The number of nitrogens with one attached hydrogen (secondary N) is 1. The molecule has 0 unspecified atom stereocenters. The first kappa shape index (κ1) is 16.7. The van der Waals surface area contributed by atoms with Gasteiger partial charge in [0.2, 0.25) is 15.9 Å². The van der Waals surface area contributed by atoms with E-state index in [0.717, 1.165) is 6.42 Å². The van der Waals surface area contributed by atoms with Crippen LogP contribution < -0.4 is 15.4 Å². The Morgan fingerprint density at radius 1 is 1.35 bits per heavy atom. The zero-order valence-corrected chi connectivity index (χ0v) is 12.5. The molecule has 0 radical (unpaired) electrons. The molecular formula is C12H18ClN3O3S. The highest BCUT2D eigenvalue weighted by Gasteiger charge is 2.26. The third-order valence-electron chi connectivity index (χ3n) is 2.95. The summed E-state index contributed by atoms with van der Waals surface area (Å²) in [4.78, 5) is 11.2. The molecular weight excluding hydrogens is 302 g/mol. The van der Waals surface area contributed by atoms with E-state index in [2.05, 4.69) is 5.32 Å². The van der Waals surface area contributed by atoms with Crippen molar-refractivity contribution in [3.05, 3.63) is 24.3 Å². The van der Waals surface area contributed by atoms with Gasteiger partial charge in [-0.05, 0) is 31.0 Å². The molecule has 1 amide bonds. The number of hydrogen-bond donors (Lipinski definition) is 2. The number of carbonyl (C=O) groups is 1. The third kappa shape index (κ3) is 3.84. The Balaban J connectivity index is 0.00000200. The van der Waals surface area contributed by atoms with E-state index in [1.165, 1.54) is 4.31 Å². The summed E-state index contributed by atoms with van der Waals surface area (Å²) < 4.78 is 25.4. The van der Waals surface area contributed by atoms with E-state index in [1.54, 1.807) is 24.3 Å². The highest BCUT2D eigenvalue weighted by Crippen LogP contribution is 2.25. The molecule has 1 aromatic carbocycles. The van der Waals surface area contributed by atoms with Gasteiger partial charge < -0.3 is 11.1 Å². The minimum Gasteiger partial charge on any atom is -0.325 e. The molecule has 112 valence electrons. The van der Waals surface area contributed by atoms with Crippen molar-refractivity contribution in [3.8, 4) is 0 Å². The van der Waals surface area contributed by atoms with Crippen LogP contribution in [0.25, 0.3) is 0 Å². The maximum absolute atomic E-state index is 12.0. The lowest BCUT2D eigenvalue weighted by Gasteiger charge is -2.28. The summed E-state index contributed by atoms with van der Waals surface area (Å²) in [6.45, 7) is 0.378. The van der Waals surface area contributed by atoms with Gasteiger partial charge in [-0.1, -0.05) is 6.07 Å². The number of amides is 1. The number of halogens is 1. The minimum absolute atomic E-state index is 0. The van der Waals surface area contributed by atoms with Gasteiger partial charge in [0.05, 0.1) is 18.0 Å². The molecule has 1 aliphatic heterocycles. The van der Waals surface area contributed by atoms with E-state index >= 15 is 0 Å². The van der Waals surface area contributed by atoms with Crippen LogP contribution in [0.2, 0.25) is 0 Å². The molecule has 0 saturated carbocycles. The van der Waals surface area contributed by atoms with E-state index in [9.17, 15) is 13.2 Å². The molecule has 3 N–H and O–H groups in total. The number of nitrogens with zero attached hydrogens (tertiary/aromatic N) is 1. The van der Waals surface area contributed by atoms with Crippen molar-refractivity contribution < 1.29 is 13.2 Å². The molecule has 0 aliphatic carbocycles. The number of sulfonamides is 1. The molecule has 1 fully saturated rings. The summed E-state index contributed by atoms with van der Waals surface area (Å²) in [5, 5.41) is 2.61. The van der Waals surface area contributed by atoms with Crippen LogP contribution in [0.15, 0.2) is 24.3 Å². The largest absolute Gasteiger partial charge is 0.325 e. The topological polar surface area (TPSA) is 92.5 Å². The number of anilines is 2. The molecule has 1 aromatic rings. The van der Waals surface area contributed by atoms with E-state index in [0.29, 0.717) is 24.3 Å². The normalized spacial score (nSPS) is 17.1. The minimum atomic E-state index is -3.23. The lowest BCUT2D eigenvalue weighted by atomic mass is 10.2. The van der Waals surface area contributed by atoms with Crippen LogP contribution in [-0.2, 0) is 14.8 Å². The maximum atomic E-state index is 12.0. The average Bonchev–Trinajstić information content (AvgIpc) is 2.38. The van der Waals surface area contributed by atoms with Crippen molar-refractivity contribution in [2.45, 2.75) is 12.8 Å². The summed E-state index contributed by atoms with van der Waals surface area (Å²) in [6.07, 6.45) is 1.54. The quantitative estimate of drug-likeness (QED) is 0.867. The average molecular weight is 320 g/mol. The van der Waals surface area contributed by atoms with Crippen LogP contribution >= 0.6 is 12.4 Å². The summed E-state index contributed by atoms with van der Waals surface area (Å²) in [6, 6.07) is 6.79. The molecule has 8 heteroatoms. The smallest absolute Gasteiger partial charge is 0.238 e. The summed E-state index contributed by atoms with van der Waals surface area (Å²) in [5.74, 6) is -0.134. The van der Waals surface area contributed by atoms with Crippen LogP contribution in [0, 0.1) is 0 Å². The van der Waals surface area contributed by atoms with Crippen molar-refractivity contribution >= 4 is 39.7 Å². The van der Waals surface area contributed by atoms with Gasteiger partial charge >= 0.3 is 0 Å². The van der Waals surface area contributed by atoms with E-state index in [4.69, 9.17) is 5.73 Å². The monoisotopic (exact) mass is 319 g/mol. The fourth-order valence-corrected chi connectivity index (χ4v) is 3.66. The van der Waals surface area contributed by atoms with Gasteiger partial charge in [0.25, 0.3) is 0 Å². The van der Waals surface area contributed by atoms with Gasteiger partial charge in [0.1, 0.15) is 0 Å².